The molecule has 1 nitrogen and oxygen atoms in total. The molecule has 0 bridgehead atoms. The largest absolute Gasteiger partial charge is 0.398 e. The molecule has 0 saturated carbocycles. The van der Waals surface area contributed by atoms with Crippen LogP contribution in [0.1, 0.15) is 11.1 Å². The molecule has 1 aromatic rings. The van der Waals surface area contributed by atoms with Gasteiger partial charge >= 0.3 is 0 Å². The Hall–Kier alpha value is -1.57. The number of halogens is 1. The highest BCUT2D eigenvalue weighted by molar-refractivity contribution is 5.55. The Kier molecular flexibility index (Phi) is 3.46. The number of anilines is 1. The number of nitrogens with two attached hydrogens (primary N) is 1. The van der Waals surface area contributed by atoms with Gasteiger partial charge in [-0.3, -0.25) is 0 Å². The maximum atomic E-state index is 13.1. The van der Waals surface area contributed by atoms with E-state index in [2.05, 4.69) is 13.2 Å². The van der Waals surface area contributed by atoms with E-state index in [9.17, 15) is 4.39 Å². The predicted molar refractivity (Wildman–Crippen MR) is 58.6 cm³/mol. The SMILES string of the molecule is C=CCc1cc(F)cc(CC=C)c1N. The monoisotopic (exact) mass is 191 g/mol. The Bertz CT molecular complexity index is 324. The summed E-state index contributed by atoms with van der Waals surface area (Å²) in [5.74, 6) is -0.257. The third-order valence-electron chi connectivity index (χ3n) is 2.04. The lowest BCUT2D eigenvalue weighted by Gasteiger charge is -2.08. The van der Waals surface area contributed by atoms with Crippen molar-refractivity contribution < 1.29 is 4.39 Å². The summed E-state index contributed by atoms with van der Waals surface area (Å²) in [5, 5.41) is 0. The van der Waals surface area contributed by atoms with Gasteiger partial charge in [0, 0.05) is 5.69 Å². The van der Waals surface area contributed by atoms with Crippen LogP contribution in [0.15, 0.2) is 37.4 Å². The molecular weight excluding hydrogens is 177 g/mol. The van der Waals surface area contributed by atoms with Crippen molar-refractivity contribution in [3.05, 3.63) is 54.4 Å². The second-order valence-corrected chi connectivity index (χ2v) is 3.12. The average molecular weight is 191 g/mol. The fourth-order valence-corrected chi connectivity index (χ4v) is 1.39. The van der Waals surface area contributed by atoms with Crippen LogP contribution < -0.4 is 5.73 Å². The summed E-state index contributed by atoms with van der Waals surface area (Å²) in [6.07, 6.45) is 4.60. The molecular formula is C12H14FN. The highest BCUT2D eigenvalue weighted by atomic mass is 19.1. The molecule has 1 rings (SSSR count). The Balaban J connectivity index is 3.16. The van der Waals surface area contributed by atoms with Crippen molar-refractivity contribution in [2.24, 2.45) is 0 Å². The van der Waals surface area contributed by atoms with Crippen molar-refractivity contribution in [3.63, 3.8) is 0 Å². The van der Waals surface area contributed by atoms with E-state index in [1.165, 1.54) is 12.1 Å². The number of rotatable bonds is 4. The zero-order valence-corrected chi connectivity index (χ0v) is 8.09. The molecule has 0 atom stereocenters. The van der Waals surface area contributed by atoms with E-state index < -0.39 is 0 Å². The number of nitrogen functional groups attached to an aromatic ring is 1. The van der Waals surface area contributed by atoms with Crippen LogP contribution in [0.2, 0.25) is 0 Å². The maximum absolute atomic E-state index is 13.1. The van der Waals surface area contributed by atoms with Crippen molar-refractivity contribution in [2.45, 2.75) is 12.8 Å². The topological polar surface area (TPSA) is 26.0 Å². The number of benzene rings is 1. The first kappa shape index (κ1) is 10.5. The van der Waals surface area contributed by atoms with Crippen molar-refractivity contribution in [1.29, 1.82) is 0 Å². The highest BCUT2D eigenvalue weighted by Crippen LogP contribution is 2.21. The second-order valence-electron chi connectivity index (χ2n) is 3.12. The van der Waals surface area contributed by atoms with Crippen LogP contribution in [0.3, 0.4) is 0 Å². The predicted octanol–water partition coefficient (Wildman–Crippen LogP) is 2.86. The van der Waals surface area contributed by atoms with E-state index in [-0.39, 0.29) is 5.82 Å². The van der Waals surface area contributed by atoms with Gasteiger partial charge in [0.05, 0.1) is 0 Å². The zero-order valence-electron chi connectivity index (χ0n) is 8.09. The molecule has 0 aliphatic rings. The van der Waals surface area contributed by atoms with E-state index in [0.717, 1.165) is 11.1 Å². The van der Waals surface area contributed by atoms with E-state index in [1.807, 2.05) is 0 Å². The summed E-state index contributed by atoms with van der Waals surface area (Å²) in [7, 11) is 0. The Morgan fingerprint density at radius 2 is 1.57 bits per heavy atom. The van der Waals surface area contributed by atoms with E-state index >= 15 is 0 Å². The minimum Gasteiger partial charge on any atom is -0.398 e. The molecule has 14 heavy (non-hydrogen) atoms. The van der Waals surface area contributed by atoms with Gasteiger partial charge in [-0.15, -0.1) is 13.2 Å². The van der Waals surface area contributed by atoms with Crippen LogP contribution in [0, 0.1) is 5.82 Å². The summed E-state index contributed by atoms with van der Waals surface area (Å²) in [4.78, 5) is 0. The zero-order chi connectivity index (χ0) is 10.6. The third-order valence-corrected chi connectivity index (χ3v) is 2.04. The van der Waals surface area contributed by atoms with E-state index in [4.69, 9.17) is 5.73 Å². The van der Waals surface area contributed by atoms with Gasteiger partial charge in [0.2, 0.25) is 0 Å². The molecule has 0 saturated heterocycles. The molecule has 1 aromatic carbocycles. The number of hydrogen-bond donors (Lipinski definition) is 1. The van der Waals surface area contributed by atoms with E-state index in [1.54, 1.807) is 12.2 Å². The van der Waals surface area contributed by atoms with Gasteiger partial charge in [-0.2, -0.15) is 0 Å². The van der Waals surface area contributed by atoms with Crippen molar-refractivity contribution in [3.8, 4) is 0 Å². The van der Waals surface area contributed by atoms with Crippen molar-refractivity contribution >= 4 is 5.69 Å². The normalized spacial score (nSPS) is 9.79. The second kappa shape index (κ2) is 4.61. The fraction of sp³-hybridized carbons (Fsp3) is 0.167. The Labute approximate surface area is 83.7 Å². The molecule has 0 spiro atoms. The lowest BCUT2D eigenvalue weighted by atomic mass is 10.0. The minimum absolute atomic E-state index is 0.257. The lowest BCUT2D eigenvalue weighted by molar-refractivity contribution is 0.624. The summed E-state index contributed by atoms with van der Waals surface area (Å²) < 4.78 is 13.1. The summed E-state index contributed by atoms with van der Waals surface area (Å²) in [6, 6.07) is 2.90. The van der Waals surface area contributed by atoms with Crippen LogP contribution in [0.4, 0.5) is 10.1 Å². The number of hydrogen-bond acceptors (Lipinski definition) is 1. The molecule has 0 amide bonds. The molecule has 0 aliphatic carbocycles. The van der Waals surface area contributed by atoms with Gasteiger partial charge in [-0.05, 0) is 36.1 Å². The summed E-state index contributed by atoms with van der Waals surface area (Å²) in [6.45, 7) is 7.21. The van der Waals surface area contributed by atoms with Gasteiger partial charge in [0.1, 0.15) is 5.82 Å². The first-order valence-electron chi connectivity index (χ1n) is 4.47. The molecule has 0 aromatic heterocycles. The Morgan fingerprint density at radius 3 is 1.93 bits per heavy atom. The molecule has 2 heteroatoms. The van der Waals surface area contributed by atoms with Crippen LogP contribution in [0.25, 0.3) is 0 Å². The van der Waals surface area contributed by atoms with Crippen LogP contribution >= 0.6 is 0 Å². The average Bonchev–Trinajstić information content (AvgIpc) is 2.14. The first-order chi connectivity index (χ1) is 6.69. The van der Waals surface area contributed by atoms with Crippen molar-refractivity contribution in [2.75, 3.05) is 5.73 Å². The smallest absolute Gasteiger partial charge is 0.123 e. The van der Waals surface area contributed by atoms with Gasteiger partial charge in [0.25, 0.3) is 0 Å². The third kappa shape index (κ3) is 2.22. The van der Waals surface area contributed by atoms with Gasteiger partial charge in [-0.25, -0.2) is 4.39 Å². The standard InChI is InChI=1S/C12H14FN/c1-3-5-9-7-11(13)8-10(6-4-2)12(9)14/h3-4,7-8H,1-2,5-6,14H2. The van der Waals surface area contributed by atoms with Crippen LogP contribution in [0.5, 0.6) is 0 Å². The van der Waals surface area contributed by atoms with Crippen molar-refractivity contribution in [1.82, 2.24) is 0 Å². The van der Waals surface area contributed by atoms with Crippen LogP contribution in [-0.2, 0) is 12.8 Å². The molecule has 0 radical (unpaired) electrons. The highest BCUT2D eigenvalue weighted by Gasteiger charge is 2.05. The molecule has 0 fully saturated rings. The van der Waals surface area contributed by atoms with Gasteiger partial charge in [0.15, 0.2) is 0 Å². The van der Waals surface area contributed by atoms with Gasteiger partial charge in [-0.1, -0.05) is 12.2 Å². The molecule has 2 N–H and O–H groups in total. The molecule has 0 aliphatic heterocycles. The van der Waals surface area contributed by atoms with Gasteiger partial charge < -0.3 is 5.73 Å². The maximum Gasteiger partial charge on any atom is 0.123 e. The summed E-state index contributed by atoms with van der Waals surface area (Å²) >= 11 is 0. The molecule has 0 unspecified atom stereocenters. The van der Waals surface area contributed by atoms with Crippen LogP contribution in [-0.4, -0.2) is 0 Å². The lowest BCUT2D eigenvalue weighted by Crippen LogP contribution is -2.00. The summed E-state index contributed by atoms with van der Waals surface area (Å²) in [5.41, 5.74) is 8.08. The first-order valence-corrected chi connectivity index (χ1v) is 4.47. The quantitative estimate of drug-likeness (QED) is 0.574. The molecule has 74 valence electrons. The fourth-order valence-electron chi connectivity index (χ4n) is 1.39. The molecule has 0 heterocycles. The number of allylic oxidation sites excluding steroid dienone is 2. The van der Waals surface area contributed by atoms with E-state index in [0.29, 0.717) is 18.5 Å². The minimum atomic E-state index is -0.257. The Morgan fingerprint density at radius 1 is 1.14 bits per heavy atom.